The van der Waals surface area contributed by atoms with Crippen LogP contribution in [0.3, 0.4) is 0 Å². The van der Waals surface area contributed by atoms with Crippen LogP contribution in [0.25, 0.3) is 22.4 Å². The number of fused-ring (bicyclic) bond motifs is 1. The quantitative estimate of drug-likeness (QED) is 0.449. The van der Waals surface area contributed by atoms with Crippen LogP contribution in [-0.2, 0) is 10.0 Å². The van der Waals surface area contributed by atoms with Gasteiger partial charge < -0.3 is 9.72 Å². The summed E-state index contributed by atoms with van der Waals surface area (Å²) in [6, 6.07) is 19.1. The summed E-state index contributed by atoms with van der Waals surface area (Å²) in [5.41, 5.74) is 2.95. The van der Waals surface area contributed by atoms with Crippen molar-refractivity contribution in [3.63, 3.8) is 0 Å². The van der Waals surface area contributed by atoms with Crippen molar-refractivity contribution in [2.45, 2.75) is 11.8 Å². The number of anilines is 1. The number of benzene rings is 3. The standard InChI is InChI=1S/C21H18ClN3O3S/c1-2-28-20-11-10-16(13-17(20)22)29(26,27)25-15-7-5-6-14(12-15)21-23-18-8-3-4-9-19(18)24-21/h3-13,25H,2H2,1H3,(H,23,24). The Morgan fingerprint density at radius 1 is 1.07 bits per heavy atom. The first-order valence-electron chi connectivity index (χ1n) is 8.96. The number of rotatable bonds is 6. The molecule has 0 spiro atoms. The monoisotopic (exact) mass is 427 g/mol. The molecule has 0 atom stereocenters. The minimum Gasteiger partial charge on any atom is -0.492 e. The molecule has 4 rings (SSSR count). The molecule has 2 N–H and O–H groups in total. The fourth-order valence-electron chi connectivity index (χ4n) is 2.95. The number of H-pyrrole nitrogens is 1. The maximum Gasteiger partial charge on any atom is 0.261 e. The lowest BCUT2D eigenvalue weighted by atomic mass is 10.2. The number of sulfonamides is 1. The van der Waals surface area contributed by atoms with Crippen LogP contribution in [0.2, 0.25) is 5.02 Å². The van der Waals surface area contributed by atoms with Crippen LogP contribution in [-0.4, -0.2) is 25.0 Å². The molecule has 1 aromatic heterocycles. The van der Waals surface area contributed by atoms with E-state index >= 15 is 0 Å². The first kappa shape index (κ1) is 19.3. The predicted octanol–water partition coefficient (Wildman–Crippen LogP) is 5.08. The molecule has 148 valence electrons. The first-order valence-corrected chi connectivity index (χ1v) is 10.8. The van der Waals surface area contributed by atoms with Crippen molar-refractivity contribution < 1.29 is 13.2 Å². The Labute approximate surface area is 173 Å². The van der Waals surface area contributed by atoms with Gasteiger partial charge in [0.25, 0.3) is 10.0 Å². The lowest BCUT2D eigenvalue weighted by molar-refractivity contribution is 0.340. The van der Waals surface area contributed by atoms with Gasteiger partial charge in [0.2, 0.25) is 0 Å². The van der Waals surface area contributed by atoms with Gasteiger partial charge in [0.05, 0.1) is 27.6 Å². The summed E-state index contributed by atoms with van der Waals surface area (Å²) in [6.45, 7) is 2.27. The van der Waals surface area contributed by atoms with Crippen LogP contribution in [0, 0.1) is 0 Å². The van der Waals surface area contributed by atoms with E-state index < -0.39 is 10.0 Å². The molecule has 4 aromatic rings. The minimum absolute atomic E-state index is 0.0556. The first-order chi connectivity index (χ1) is 14.0. The maximum absolute atomic E-state index is 12.8. The number of hydrogen-bond donors (Lipinski definition) is 2. The highest BCUT2D eigenvalue weighted by atomic mass is 35.5. The summed E-state index contributed by atoms with van der Waals surface area (Å²) < 4.78 is 33.5. The van der Waals surface area contributed by atoms with Crippen molar-refractivity contribution in [2.24, 2.45) is 0 Å². The van der Waals surface area contributed by atoms with Crippen molar-refractivity contribution in [3.05, 3.63) is 71.8 Å². The average molecular weight is 428 g/mol. The number of nitrogens with zero attached hydrogens (tertiary/aromatic N) is 1. The third-order valence-corrected chi connectivity index (χ3v) is 5.97. The highest BCUT2D eigenvalue weighted by molar-refractivity contribution is 7.92. The van der Waals surface area contributed by atoms with E-state index in [9.17, 15) is 8.42 Å². The number of para-hydroxylation sites is 2. The fourth-order valence-corrected chi connectivity index (χ4v) is 4.33. The molecule has 0 aliphatic rings. The number of aromatic nitrogens is 2. The molecule has 0 bridgehead atoms. The second kappa shape index (κ2) is 7.77. The fraction of sp³-hybridized carbons (Fsp3) is 0.0952. The molecule has 29 heavy (non-hydrogen) atoms. The Kier molecular flexibility index (Phi) is 5.17. The van der Waals surface area contributed by atoms with Crippen LogP contribution >= 0.6 is 11.6 Å². The third-order valence-electron chi connectivity index (χ3n) is 4.29. The third kappa shape index (κ3) is 4.06. The van der Waals surface area contributed by atoms with E-state index in [4.69, 9.17) is 16.3 Å². The van der Waals surface area contributed by atoms with Gasteiger partial charge in [-0.15, -0.1) is 0 Å². The largest absolute Gasteiger partial charge is 0.492 e. The highest BCUT2D eigenvalue weighted by Crippen LogP contribution is 2.29. The molecular formula is C21H18ClN3O3S. The Morgan fingerprint density at radius 2 is 1.90 bits per heavy atom. The second-order valence-electron chi connectivity index (χ2n) is 6.31. The molecule has 0 saturated carbocycles. The van der Waals surface area contributed by atoms with Crippen molar-refractivity contribution in [1.82, 2.24) is 9.97 Å². The van der Waals surface area contributed by atoms with E-state index in [-0.39, 0.29) is 9.92 Å². The summed E-state index contributed by atoms with van der Waals surface area (Å²) >= 11 is 6.13. The number of nitrogens with one attached hydrogen (secondary N) is 2. The average Bonchev–Trinajstić information content (AvgIpc) is 3.14. The predicted molar refractivity (Wildman–Crippen MR) is 115 cm³/mol. The Morgan fingerprint density at radius 3 is 2.66 bits per heavy atom. The van der Waals surface area contributed by atoms with Gasteiger partial charge in [-0.1, -0.05) is 35.9 Å². The molecule has 0 aliphatic carbocycles. The van der Waals surface area contributed by atoms with E-state index in [1.54, 1.807) is 24.3 Å². The van der Waals surface area contributed by atoms with Gasteiger partial charge >= 0.3 is 0 Å². The van der Waals surface area contributed by atoms with Crippen molar-refractivity contribution in [1.29, 1.82) is 0 Å². The lowest BCUT2D eigenvalue weighted by Crippen LogP contribution is -2.13. The lowest BCUT2D eigenvalue weighted by Gasteiger charge is -2.11. The molecule has 0 fully saturated rings. The molecule has 8 heteroatoms. The van der Waals surface area contributed by atoms with Gasteiger partial charge in [0.1, 0.15) is 11.6 Å². The van der Waals surface area contributed by atoms with E-state index in [1.165, 1.54) is 12.1 Å². The molecular weight excluding hydrogens is 410 g/mol. The van der Waals surface area contributed by atoms with Crippen molar-refractivity contribution in [2.75, 3.05) is 11.3 Å². The van der Waals surface area contributed by atoms with Crippen LogP contribution in [0.15, 0.2) is 71.6 Å². The maximum atomic E-state index is 12.8. The summed E-state index contributed by atoms with van der Waals surface area (Å²) in [5, 5.41) is 0.241. The van der Waals surface area contributed by atoms with Crippen LogP contribution in [0.1, 0.15) is 6.92 Å². The Hall–Kier alpha value is -3.03. The van der Waals surface area contributed by atoms with Crippen LogP contribution in [0.4, 0.5) is 5.69 Å². The molecule has 3 aromatic carbocycles. The number of halogens is 1. The van der Waals surface area contributed by atoms with Crippen molar-refractivity contribution in [3.8, 4) is 17.1 Å². The normalized spacial score (nSPS) is 11.5. The van der Waals surface area contributed by atoms with Gasteiger partial charge in [0.15, 0.2) is 0 Å². The second-order valence-corrected chi connectivity index (χ2v) is 8.40. The zero-order valence-corrected chi connectivity index (χ0v) is 17.1. The van der Waals surface area contributed by atoms with Gasteiger partial charge in [-0.25, -0.2) is 13.4 Å². The zero-order chi connectivity index (χ0) is 20.4. The van der Waals surface area contributed by atoms with Crippen molar-refractivity contribution >= 4 is 38.3 Å². The van der Waals surface area contributed by atoms with Crippen LogP contribution in [0.5, 0.6) is 5.75 Å². The van der Waals surface area contributed by atoms with E-state index in [0.29, 0.717) is 23.9 Å². The van der Waals surface area contributed by atoms with Gasteiger partial charge in [-0.05, 0) is 49.4 Å². The summed E-state index contributed by atoms with van der Waals surface area (Å²) in [6.07, 6.45) is 0. The molecule has 6 nitrogen and oxygen atoms in total. The topological polar surface area (TPSA) is 84.1 Å². The SMILES string of the molecule is CCOc1ccc(S(=O)(=O)Nc2cccc(-c3nc4ccccc4[nH]3)c2)cc1Cl. The molecule has 0 aliphatic heterocycles. The molecule has 0 amide bonds. The minimum atomic E-state index is -3.81. The molecule has 1 heterocycles. The molecule has 0 saturated heterocycles. The highest BCUT2D eigenvalue weighted by Gasteiger charge is 2.17. The Bertz CT molecular complexity index is 1250. The van der Waals surface area contributed by atoms with E-state index in [0.717, 1.165) is 16.6 Å². The summed E-state index contributed by atoms with van der Waals surface area (Å²) in [7, 11) is -3.81. The molecule has 0 radical (unpaired) electrons. The molecule has 0 unspecified atom stereocenters. The van der Waals surface area contributed by atoms with E-state index in [2.05, 4.69) is 14.7 Å². The number of ether oxygens (including phenoxy) is 1. The van der Waals surface area contributed by atoms with Gasteiger partial charge in [0, 0.05) is 11.3 Å². The Balaban J connectivity index is 1.62. The number of hydrogen-bond acceptors (Lipinski definition) is 4. The van der Waals surface area contributed by atoms with Gasteiger partial charge in [-0.2, -0.15) is 0 Å². The summed E-state index contributed by atoms with van der Waals surface area (Å²) in [5.74, 6) is 1.11. The summed E-state index contributed by atoms with van der Waals surface area (Å²) in [4.78, 5) is 7.85. The smallest absolute Gasteiger partial charge is 0.261 e. The van der Waals surface area contributed by atoms with Gasteiger partial charge in [-0.3, -0.25) is 4.72 Å². The number of imidazole rings is 1. The number of aromatic amines is 1. The zero-order valence-electron chi connectivity index (χ0n) is 15.5. The van der Waals surface area contributed by atoms with E-state index in [1.807, 2.05) is 37.3 Å². The van der Waals surface area contributed by atoms with Crippen LogP contribution < -0.4 is 9.46 Å².